The van der Waals surface area contributed by atoms with Crippen LogP contribution in [0.5, 0.6) is 0 Å². The Bertz CT molecular complexity index is 829. The molecule has 0 aliphatic heterocycles. The van der Waals surface area contributed by atoms with E-state index in [-0.39, 0.29) is 18.0 Å². The molecule has 0 bridgehead atoms. The molecule has 0 aromatic heterocycles. The van der Waals surface area contributed by atoms with Gasteiger partial charge in [-0.3, -0.25) is 4.79 Å². The summed E-state index contributed by atoms with van der Waals surface area (Å²) in [5.41, 5.74) is 14.7. The monoisotopic (exact) mass is 320 g/mol. The lowest BCUT2D eigenvalue weighted by Gasteiger charge is -2.20. The Balaban J connectivity index is 1.94. The largest absolute Gasteiger partial charge is 0.345 e. The first-order valence-corrected chi connectivity index (χ1v) is 8.02. The van der Waals surface area contributed by atoms with Crippen molar-refractivity contribution in [1.29, 1.82) is 0 Å². The van der Waals surface area contributed by atoms with E-state index < -0.39 is 0 Å². The average molecular weight is 320 g/mol. The summed E-state index contributed by atoms with van der Waals surface area (Å²) in [7, 11) is 0. The van der Waals surface area contributed by atoms with Crippen LogP contribution in [0.2, 0.25) is 0 Å². The molecule has 0 unspecified atom stereocenters. The van der Waals surface area contributed by atoms with E-state index in [0.717, 1.165) is 27.8 Å². The highest BCUT2D eigenvalue weighted by Crippen LogP contribution is 2.34. The highest BCUT2D eigenvalue weighted by molar-refractivity contribution is 5.97. The van der Waals surface area contributed by atoms with Crippen molar-refractivity contribution in [3.63, 3.8) is 0 Å². The maximum absolute atomic E-state index is 12.9. The van der Waals surface area contributed by atoms with Gasteiger partial charge in [0.2, 0.25) is 0 Å². The van der Waals surface area contributed by atoms with Gasteiger partial charge in [0.1, 0.15) is 0 Å². The summed E-state index contributed by atoms with van der Waals surface area (Å²) in [6, 6.07) is 11.4. The van der Waals surface area contributed by atoms with Crippen molar-refractivity contribution < 1.29 is 4.79 Å². The summed E-state index contributed by atoms with van der Waals surface area (Å²) in [6.07, 6.45) is 0.650. The number of benzene rings is 2. The molecule has 0 saturated carbocycles. The van der Waals surface area contributed by atoms with Gasteiger partial charge in [-0.2, -0.15) is 0 Å². The second-order valence-electron chi connectivity index (χ2n) is 6.40. The van der Waals surface area contributed by atoms with Crippen molar-refractivity contribution in [3.8, 4) is 0 Å². The maximum Gasteiger partial charge on any atom is 0.252 e. The number of carbonyl (C=O) groups is 1. The van der Waals surface area contributed by atoms with Gasteiger partial charge in [0.05, 0.1) is 12.1 Å². The van der Waals surface area contributed by atoms with Gasteiger partial charge < -0.3 is 5.32 Å². The third kappa shape index (κ3) is 2.86. The second kappa shape index (κ2) is 6.38. The van der Waals surface area contributed by atoms with Crippen LogP contribution in [0.25, 0.3) is 10.4 Å². The van der Waals surface area contributed by atoms with Gasteiger partial charge >= 0.3 is 0 Å². The minimum Gasteiger partial charge on any atom is -0.345 e. The first kappa shape index (κ1) is 16.1. The van der Waals surface area contributed by atoms with Gasteiger partial charge in [0.15, 0.2) is 0 Å². The molecular weight excluding hydrogens is 300 g/mol. The summed E-state index contributed by atoms with van der Waals surface area (Å²) in [5, 5.41) is 6.97. The number of fused-ring (bicyclic) bond motifs is 1. The van der Waals surface area contributed by atoms with Gasteiger partial charge in [0.25, 0.3) is 5.91 Å². The average Bonchev–Trinajstić information content (AvgIpc) is 2.84. The topological polar surface area (TPSA) is 77.9 Å². The first-order valence-electron chi connectivity index (χ1n) is 8.02. The quantitative estimate of drug-likeness (QED) is 0.510. The molecule has 122 valence electrons. The van der Waals surface area contributed by atoms with Crippen LogP contribution < -0.4 is 5.32 Å². The van der Waals surface area contributed by atoms with Gasteiger partial charge in [-0.15, -0.1) is 0 Å². The molecule has 1 aliphatic carbocycles. The lowest BCUT2D eigenvalue weighted by Crippen LogP contribution is -2.33. The normalized spacial score (nSPS) is 18.6. The SMILES string of the molecule is Cc1cc(C)c(C(=O)N[C@@H]2c3ccccc3C[C@H]2N=[N+]=[N-])c(C)c1. The lowest BCUT2D eigenvalue weighted by atomic mass is 9.98. The molecule has 1 N–H and O–H groups in total. The zero-order valence-corrected chi connectivity index (χ0v) is 14.1. The molecule has 0 spiro atoms. The minimum absolute atomic E-state index is 0.121. The van der Waals surface area contributed by atoms with Crippen LogP contribution in [0.4, 0.5) is 0 Å². The highest BCUT2D eigenvalue weighted by Gasteiger charge is 2.33. The molecule has 0 radical (unpaired) electrons. The number of hydrogen-bond acceptors (Lipinski definition) is 2. The molecule has 2 aromatic carbocycles. The number of azide groups is 1. The molecule has 2 aromatic rings. The van der Waals surface area contributed by atoms with Crippen molar-refractivity contribution in [2.75, 3.05) is 0 Å². The van der Waals surface area contributed by atoms with Crippen molar-refractivity contribution in [1.82, 2.24) is 5.32 Å². The van der Waals surface area contributed by atoms with Crippen LogP contribution in [0.1, 0.15) is 44.2 Å². The molecule has 0 fully saturated rings. The number of amides is 1. The molecule has 1 aliphatic rings. The number of hydrogen-bond donors (Lipinski definition) is 1. The highest BCUT2D eigenvalue weighted by atomic mass is 16.1. The molecule has 3 rings (SSSR count). The summed E-state index contributed by atoms with van der Waals surface area (Å²) in [5.74, 6) is -0.121. The van der Waals surface area contributed by atoms with E-state index in [9.17, 15) is 4.79 Å². The van der Waals surface area contributed by atoms with Crippen LogP contribution in [0.15, 0.2) is 41.5 Å². The van der Waals surface area contributed by atoms with Crippen LogP contribution in [-0.4, -0.2) is 11.9 Å². The van der Waals surface area contributed by atoms with Crippen LogP contribution in [0, 0.1) is 20.8 Å². The van der Waals surface area contributed by atoms with Crippen LogP contribution in [0.3, 0.4) is 0 Å². The van der Waals surface area contributed by atoms with Crippen molar-refractivity contribution in [2.45, 2.75) is 39.3 Å². The fourth-order valence-electron chi connectivity index (χ4n) is 3.67. The maximum atomic E-state index is 12.9. The molecule has 5 nitrogen and oxygen atoms in total. The predicted molar refractivity (Wildman–Crippen MR) is 93.9 cm³/mol. The molecule has 0 heterocycles. The van der Waals surface area contributed by atoms with E-state index in [1.54, 1.807) is 0 Å². The Morgan fingerprint density at radius 3 is 2.54 bits per heavy atom. The number of rotatable bonds is 3. The van der Waals surface area contributed by atoms with E-state index >= 15 is 0 Å². The fraction of sp³-hybridized carbons (Fsp3) is 0.316. The molecule has 1 amide bonds. The summed E-state index contributed by atoms with van der Waals surface area (Å²) >= 11 is 0. The summed E-state index contributed by atoms with van der Waals surface area (Å²) in [4.78, 5) is 15.8. The molecule has 0 saturated heterocycles. The second-order valence-corrected chi connectivity index (χ2v) is 6.40. The first-order chi connectivity index (χ1) is 11.5. The smallest absolute Gasteiger partial charge is 0.252 e. The van der Waals surface area contributed by atoms with E-state index in [1.165, 1.54) is 0 Å². The molecular formula is C19H20N4O. The van der Waals surface area contributed by atoms with Crippen molar-refractivity contribution in [3.05, 3.63) is 80.2 Å². The summed E-state index contributed by atoms with van der Waals surface area (Å²) in [6.45, 7) is 5.91. The standard InChI is InChI=1S/C19H20N4O/c1-11-8-12(2)17(13(3)9-11)19(24)21-18-15-7-5-4-6-14(15)10-16(18)22-23-20/h4-9,16,18H,10H2,1-3H3,(H,21,24)/t16-,18-/m1/s1. The Labute approximate surface area is 141 Å². The van der Waals surface area contributed by atoms with Gasteiger partial charge in [-0.05, 0) is 55.0 Å². The van der Waals surface area contributed by atoms with E-state index in [4.69, 9.17) is 5.53 Å². The Morgan fingerprint density at radius 2 is 1.88 bits per heavy atom. The Morgan fingerprint density at radius 1 is 1.21 bits per heavy atom. The van der Waals surface area contributed by atoms with E-state index in [2.05, 4.69) is 15.3 Å². The number of nitrogens with one attached hydrogen (secondary N) is 1. The van der Waals surface area contributed by atoms with Gasteiger partial charge in [0, 0.05) is 10.5 Å². The molecule has 2 atom stereocenters. The number of carbonyl (C=O) groups excluding carboxylic acids is 1. The van der Waals surface area contributed by atoms with Crippen LogP contribution >= 0.6 is 0 Å². The van der Waals surface area contributed by atoms with Gasteiger partial charge in [-0.25, -0.2) is 0 Å². The van der Waals surface area contributed by atoms with Crippen molar-refractivity contribution in [2.24, 2.45) is 5.11 Å². The van der Waals surface area contributed by atoms with Crippen LogP contribution in [-0.2, 0) is 6.42 Å². The number of nitrogens with zero attached hydrogens (tertiary/aromatic N) is 3. The van der Waals surface area contributed by atoms with E-state index in [1.807, 2.05) is 57.2 Å². The fourth-order valence-corrected chi connectivity index (χ4v) is 3.67. The van der Waals surface area contributed by atoms with Crippen molar-refractivity contribution >= 4 is 5.91 Å². The molecule has 24 heavy (non-hydrogen) atoms. The zero-order valence-electron chi connectivity index (χ0n) is 14.1. The lowest BCUT2D eigenvalue weighted by molar-refractivity contribution is 0.0932. The third-order valence-electron chi connectivity index (χ3n) is 4.59. The Kier molecular flexibility index (Phi) is 4.28. The summed E-state index contributed by atoms with van der Waals surface area (Å²) < 4.78 is 0. The third-order valence-corrected chi connectivity index (χ3v) is 4.59. The minimum atomic E-state index is -0.289. The molecule has 5 heteroatoms. The van der Waals surface area contributed by atoms with Gasteiger partial charge in [-0.1, -0.05) is 47.1 Å². The Hall–Kier alpha value is -2.78. The zero-order chi connectivity index (χ0) is 17.3. The predicted octanol–water partition coefficient (Wildman–Crippen LogP) is 4.32. The van der Waals surface area contributed by atoms with E-state index in [0.29, 0.717) is 12.0 Å². The number of aryl methyl sites for hydroxylation is 3.